The SMILES string of the molecule is O=C1C(=O)N(Cc2ccc(Cl)c(Cl)c2)CC1CNCCCc1ccc(Cl)c(Cl)c1. The van der Waals surface area contributed by atoms with Gasteiger partial charge >= 0.3 is 0 Å². The molecule has 1 fully saturated rings. The van der Waals surface area contributed by atoms with Crippen LogP contribution in [0.2, 0.25) is 20.1 Å². The average Bonchev–Trinajstić information content (AvgIpc) is 2.95. The molecule has 1 amide bonds. The summed E-state index contributed by atoms with van der Waals surface area (Å²) in [6, 6.07) is 10.8. The Labute approximate surface area is 190 Å². The van der Waals surface area contributed by atoms with E-state index in [4.69, 9.17) is 46.4 Å². The maximum absolute atomic E-state index is 12.3. The number of nitrogens with one attached hydrogen (secondary N) is 1. The highest BCUT2D eigenvalue weighted by atomic mass is 35.5. The van der Waals surface area contributed by atoms with E-state index in [2.05, 4.69) is 5.32 Å². The van der Waals surface area contributed by atoms with Crippen molar-refractivity contribution in [1.82, 2.24) is 10.2 Å². The Morgan fingerprint density at radius 1 is 0.897 bits per heavy atom. The average molecular weight is 474 g/mol. The Hall–Kier alpha value is -1.30. The van der Waals surface area contributed by atoms with Crippen LogP contribution < -0.4 is 5.32 Å². The van der Waals surface area contributed by atoms with E-state index < -0.39 is 5.91 Å². The van der Waals surface area contributed by atoms with E-state index in [0.717, 1.165) is 30.5 Å². The predicted octanol–water partition coefficient (Wildman–Crippen LogP) is 5.05. The molecule has 1 aliphatic rings. The molecule has 1 saturated heterocycles. The monoisotopic (exact) mass is 472 g/mol. The molecule has 0 aliphatic carbocycles. The van der Waals surface area contributed by atoms with Crippen LogP contribution in [-0.4, -0.2) is 36.2 Å². The fourth-order valence-electron chi connectivity index (χ4n) is 3.30. The zero-order valence-corrected chi connectivity index (χ0v) is 18.6. The highest BCUT2D eigenvalue weighted by molar-refractivity contribution is 6.42. The molecule has 0 spiro atoms. The summed E-state index contributed by atoms with van der Waals surface area (Å²) in [7, 11) is 0. The fraction of sp³-hybridized carbons (Fsp3) is 0.333. The molecule has 2 aromatic rings. The van der Waals surface area contributed by atoms with Gasteiger partial charge < -0.3 is 10.2 Å². The molecule has 2 aromatic carbocycles. The van der Waals surface area contributed by atoms with Crippen molar-refractivity contribution in [3.05, 3.63) is 67.6 Å². The van der Waals surface area contributed by atoms with Gasteiger partial charge in [0.25, 0.3) is 5.91 Å². The van der Waals surface area contributed by atoms with Crippen molar-refractivity contribution in [3.8, 4) is 0 Å². The fourth-order valence-corrected chi connectivity index (χ4v) is 3.94. The molecular formula is C21H20Cl4N2O2. The number of likely N-dealkylation sites (tertiary alicyclic amines) is 1. The second-order valence-corrected chi connectivity index (χ2v) is 8.68. The highest BCUT2D eigenvalue weighted by Gasteiger charge is 2.38. The standard InChI is InChI=1S/C21H20Cl4N2O2/c22-16-5-3-13(8-18(16)24)2-1-7-26-10-15-12-27(21(29)20(15)28)11-14-4-6-17(23)19(25)9-14/h3-6,8-9,15,26H,1-2,7,10-12H2. The van der Waals surface area contributed by atoms with Crippen LogP contribution in [0.25, 0.3) is 0 Å². The topological polar surface area (TPSA) is 49.4 Å². The Kier molecular flexibility index (Phi) is 7.83. The predicted molar refractivity (Wildman–Crippen MR) is 118 cm³/mol. The largest absolute Gasteiger partial charge is 0.331 e. The number of halogens is 4. The molecule has 8 heteroatoms. The van der Waals surface area contributed by atoms with E-state index in [1.54, 1.807) is 29.2 Å². The van der Waals surface area contributed by atoms with Crippen LogP contribution in [0.15, 0.2) is 36.4 Å². The molecule has 0 aromatic heterocycles. The maximum atomic E-state index is 12.3. The molecule has 1 aliphatic heterocycles. The van der Waals surface area contributed by atoms with Crippen LogP contribution in [0.3, 0.4) is 0 Å². The molecule has 4 nitrogen and oxygen atoms in total. The van der Waals surface area contributed by atoms with Gasteiger partial charge in [-0.25, -0.2) is 0 Å². The van der Waals surface area contributed by atoms with E-state index in [9.17, 15) is 9.59 Å². The molecule has 29 heavy (non-hydrogen) atoms. The van der Waals surface area contributed by atoms with Crippen molar-refractivity contribution in [2.45, 2.75) is 19.4 Å². The molecule has 0 radical (unpaired) electrons. The van der Waals surface area contributed by atoms with Gasteiger partial charge in [0, 0.05) is 19.6 Å². The van der Waals surface area contributed by atoms with E-state index in [1.807, 2.05) is 12.1 Å². The number of nitrogens with zero attached hydrogens (tertiary/aromatic N) is 1. The number of carbonyl (C=O) groups excluding carboxylic acids is 2. The van der Waals surface area contributed by atoms with Gasteiger partial charge in [0.05, 0.1) is 26.0 Å². The van der Waals surface area contributed by atoms with E-state index >= 15 is 0 Å². The van der Waals surface area contributed by atoms with Crippen LogP contribution in [-0.2, 0) is 22.6 Å². The van der Waals surface area contributed by atoms with Crippen LogP contribution in [0.1, 0.15) is 17.5 Å². The lowest BCUT2D eigenvalue weighted by Crippen LogP contribution is -2.29. The van der Waals surface area contributed by atoms with Crippen LogP contribution in [0.4, 0.5) is 0 Å². The number of rotatable bonds is 8. The first-order valence-electron chi connectivity index (χ1n) is 9.27. The molecule has 3 rings (SSSR count). The first-order valence-corrected chi connectivity index (χ1v) is 10.8. The third-order valence-electron chi connectivity index (χ3n) is 4.86. The van der Waals surface area contributed by atoms with Gasteiger partial charge in [0.15, 0.2) is 0 Å². The number of benzene rings is 2. The molecular weight excluding hydrogens is 454 g/mol. The molecule has 154 valence electrons. The lowest BCUT2D eigenvalue weighted by Gasteiger charge is -2.16. The quantitative estimate of drug-likeness (QED) is 0.431. The Morgan fingerprint density at radius 2 is 1.52 bits per heavy atom. The van der Waals surface area contributed by atoms with E-state index in [1.165, 1.54) is 0 Å². The number of hydrogen-bond donors (Lipinski definition) is 1. The Bertz CT molecular complexity index is 920. The summed E-state index contributed by atoms with van der Waals surface area (Å²) >= 11 is 23.9. The molecule has 0 saturated carbocycles. The summed E-state index contributed by atoms with van der Waals surface area (Å²) in [5.74, 6) is -1.13. The number of Topliss-reactive ketones (excluding diaryl/α,β-unsaturated/α-hetero) is 1. The van der Waals surface area contributed by atoms with Crippen LogP contribution >= 0.6 is 46.4 Å². The smallest absolute Gasteiger partial charge is 0.290 e. The molecule has 1 heterocycles. The zero-order chi connectivity index (χ0) is 21.0. The number of amides is 1. The minimum Gasteiger partial charge on any atom is -0.331 e. The molecule has 1 N–H and O–H groups in total. The minimum absolute atomic E-state index is 0.338. The number of aryl methyl sites for hydroxylation is 1. The van der Waals surface area contributed by atoms with Crippen molar-refractivity contribution in [1.29, 1.82) is 0 Å². The highest BCUT2D eigenvalue weighted by Crippen LogP contribution is 2.25. The molecule has 1 unspecified atom stereocenters. The van der Waals surface area contributed by atoms with Crippen molar-refractivity contribution in [2.24, 2.45) is 5.92 Å². The van der Waals surface area contributed by atoms with E-state index in [-0.39, 0.29) is 11.7 Å². The van der Waals surface area contributed by atoms with Gasteiger partial charge in [-0.2, -0.15) is 0 Å². The van der Waals surface area contributed by atoms with Gasteiger partial charge in [-0.05, 0) is 54.8 Å². The van der Waals surface area contributed by atoms with Gasteiger partial charge in [0.1, 0.15) is 0 Å². The summed E-state index contributed by atoms with van der Waals surface area (Å²) in [6.45, 7) is 1.96. The summed E-state index contributed by atoms with van der Waals surface area (Å²) in [5.41, 5.74) is 1.96. The van der Waals surface area contributed by atoms with Crippen molar-refractivity contribution >= 4 is 58.1 Å². The van der Waals surface area contributed by atoms with Crippen molar-refractivity contribution in [2.75, 3.05) is 19.6 Å². The van der Waals surface area contributed by atoms with Gasteiger partial charge in [-0.1, -0.05) is 58.5 Å². The second-order valence-electron chi connectivity index (χ2n) is 7.05. The summed E-state index contributed by atoms with van der Waals surface area (Å²) < 4.78 is 0. The number of ketones is 1. The van der Waals surface area contributed by atoms with Gasteiger partial charge in [-0.3, -0.25) is 9.59 Å². The lowest BCUT2D eigenvalue weighted by atomic mass is 10.1. The van der Waals surface area contributed by atoms with Crippen LogP contribution in [0.5, 0.6) is 0 Å². The second kappa shape index (κ2) is 10.1. The number of hydrogen-bond acceptors (Lipinski definition) is 3. The van der Waals surface area contributed by atoms with Crippen LogP contribution in [0, 0.1) is 5.92 Å². The normalized spacial score (nSPS) is 16.7. The number of carbonyl (C=O) groups is 2. The van der Waals surface area contributed by atoms with E-state index in [0.29, 0.717) is 39.7 Å². The lowest BCUT2D eigenvalue weighted by molar-refractivity contribution is -0.141. The van der Waals surface area contributed by atoms with Gasteiger partial charge in [-0.15, -0.1) is 0 Å². The summed E-state index contributed by atoms with van der Waals surface area (Å²) in [5, 5.41) is 5.27. The Morgan fingerprint density at radius 3 is 2.17 bits per heavy atom. The van der Waals surface area contributed by atoms with Crippen molar-refractivity contribution < 1.29 is 9.59 Å². The molecule has 0 bridgehead atoms. The third-order valence-corrected chi connectivity index (χ3v) is 6.34. The first-order chi connectivity index (χ1) is 13.8. The van der Waals surface area contributed by atoms with Crippen molar-refractivity contribution in [3.63, 3.8) is 0 Å². The third kappa shape index (κ3) is 5.87. The maximum Gasteiger partial charge on any atom is 0.290 e. The molecule has 1 atom stereocenters. The Balaban J connectivity index is 1.44. The zero-order valence-electron chi connectivity index (χ0n) is 15.6. The minimum atomic E-state index is -0.446. The first kappa shape index (κ1) is 22.4. The summed E-state index contributed by atoms with van der Waals surface area (Å²) in [6.07, 6.45) is 1.74. The summed E-state index contributed by atoms with van der Waals surface area (Å²) in [4.78, 5) is 26.1. The van der Waals surface area contributed by atoms with Gasteiger partial charge in [0.2, 0.25) is 5.78 Å².